The van der Waals surface area contributed by atoms with Crippen LogP contribution in [0.4, 0.5) is 4.39 Å². The first kappa shape index (κ1) is 12.4. The summed E-state index contributed by atoms with van der Waals surface area (Å²) in [6.07, 6.45) is 1.14. The fourth-order valence-electron chi connectivity index (χ4n) is 2.68. The van der Waals surface area contributed by atoms with Gasteiger partial charge < -0.3 is 4.98 Å². The number of H-pyrrole nitrogens is 1. The largest absolute Gasteiger partial charge is 0.326 e. The predicted octanol–water partition coefficient (Wildman–Crippen LogP) is 1.22. The third kappa shape index (κ3) is 2.07. The van der Waals surface area contributed by atoms with Crippen molar-refractivity contribution in [3.63, 3.8) is 0 Å². The molecule has 1 saturated heterocycles. The van der Waals surface area contributed by atoms with Crippen LogP contribution >= 0.6 is 0 Å². The first-order valence-corrected chi connectivity index (χ1v) is 7.89. The Labute approximate surface area is 109 Å². The molecule has 0 amide bonds. The number of nitrogens with zero attached hydrogens (tertiary/aromatic N) is 1. The molecule has 1 atom stereocenters. The van der Waals surface area contributed by atoms with E-state index >= 15 is 0 Å². The van der Waals surface area contributed by atoms with Gasteiger partial charge in [0.25, 0.3) is 0 Å². The second kappa shape index (κ2) is 4.19. The van der Waals surface area contributed by atoms with Crippen molar-refractivity contribution in [3.05, 3.63) is 34.5 Å². The van der Waals surface area contributed by atoms with E-state index in [1.54, 1.807) is 6.07 Å². The fraction of sp³-hybridized carbons (Fsp3) is 0.417. The Morgan fingerprint density at radius 1 is 1.37 bits per heavy atom. The molecular weight excluding hydrogens is 271 g/mol. The predicted molar refractivity (Wildman–Crippen MR) is 69.4 cm³/mol. The highest BCUT2D eigenvalue weighted by atomic mass is 32.2. The van der Waals surface area contributed by atoms with E-state index in [-0.39, 0.29) is 17.0 Å². The molecule has 3 rings (SSSR count). The van der Waals surface area contributed by atoms with Crippen LogP contribution in [0.25, 0.3) is 11.0 Å². The number of hydrogen-bond donors (Lipinski definition) is 1. The Morgan fingerprint density at radius 2 is 2.16 bits per heavy atom. The van der Waals surface area contributed by atoms with E-state index in [1.807, 2.05) is 0 Å². The molecule has 1 unspecified atom stereocenters. The molecule has 1 aliphatic heterocycles. The lowest BCUT2D eigenvalue weighted by Gasteiger charge is -2.23. The summed E-state index contributed by atoms with van der Waals surface area (Å²) in [5, 5.41) is 0. The van der Waals surface area contributed by atoms with Crippen LogP contribution < -0.4 is 5.69 Å². The number of aromatic nitrogens is 2. The van der Waals surface area contributed by atoms with Gasteiger partial charge in [0, 0.05) is 0 Å². The molecule has 5 nitrogen and oxygen atoms in total. The number of fused-ring (bicyclic) bond motifs is 1. The molecule has 102 valence electrons. The number of benzene rings is 1. The molecule has 0 radical (unpaired) electrons. The Morgan fingerprint density at radius 3 is 2.89 bits per heavy atom. The van der Waals surface area contributed by atoms with Crippen LogP contribution in [0.5, 0.6) is 0 Å². The summed E-state index contributed by atoms with van der Waals surface area (Å²) in [5.41, 5.74) is 0.102. The highest BCUT2D eigenvalue weighted by Crippen LogP contribution is 2.25. The van der Waals surface area contributed by atoms with Crippen LogP contribution in [0, 0.1) is 5.82 Å². The Balaban J connectivity index is 2.18. The summed E-state index contributed by atoms with van der Waals surface area (Å²) in [7, 11) is -3.12. The van der Waals surface area contributed by atoms with Gasteiger partial charge >= 0.3 is 5.69 Å². The zero-order valence-electron chi connectivity index (χ0n) is 10.1. The lowest BCUT2D eigenvalue weighted by Crippen LogP contribution is -2.32. The molecule has 7 heteroatoms. The number of aromatic amines is 1. The molecule has 2 aromatic rings. The van der Waals surface area contributed by atoms with Gasteiger partial charge in [0.1, 0.15) is 11.3 Å². The van der Waals surface area contributed by atoms with Gasteiger partial charge in [-0.05, 0) is 25.0 Å². The molecular formula is C12H13FN2O3S. The molecule has 0 saturated carbocycles. The summed E-state index contributed by atoms with van der Waals surface area (Å²) in [6, 6.07) is 3.98. The molecule has 1 fully saturated rings. The number of halogens is 1. The van der Waals surface area contributed by atoms with E-state index in [4.69, 9.17) is 0 Å². The second-order valence-electron chi connectivity index (χ2n) is 4.84. The Hall–Kier alpha value is -1.63. The number of rotatable bonds is 1. The van der Waals surface area contributed by atoms with Crippen LogP contribution in [0.3, 0.4) is 0 Å². The van der Waals surface area contributed by atoms with Crippen molar-refractivity contribution in [1.29, 1.82) is 0 Å². The summed E-state index contributed by atoms with van der Waals surface area (Å²) >= 11 is 0. The number of imidazole rings is 1. The van der Waals surface area contributed by atoms with Crippen molar-refractivity contribution in [3.8, 4) is 0 Å². The number of sulfone groups is 1. The van der Waals surface area contributed by atoms with E-state index in [9.17, 15) is 17.6 Å². The first-order chi connectivity index (χ1) is 8.98. The topological polar surface area (TPSA) is 71.9 Å². The zero-order valence-corrected chi connectivity index (χ0v) is 10.9. The maximum absolute atomic E-state index is 13.6. The lowest BCUT2D eigenvalue weighted by atomic mass is 10.2. The van der Waals surface area contributed by atoms with Gasteiger partial charge in [-0.25, -0.2) is 17.6 Å². The van der Waals surface area contributed by atoms with E-state index in [2.05, 4.69) is 4.98 Å². The normalized spacial score (nSPS) is 22.7. The minimum atomic E-state index is -3.12. The summed E-state index contributed by atoms with van der Waals surface area (Å²) < 4.78 is 38.3. The van der Waals surface area contributed by atoms with Crippen molar-refractivity contribution in [2.45, 2.75) is 18.9 Å². The molecule has 0 bridgehead atoms. The maximum atomic E-state index is 13.6. The average molecular weight is 284 g/mol. The summed E-state index contributed by atoms with van der Waals surface area (Å²) in [5.74, 6) is -0.405. The molecule has 1 aliphatic rings. The van der Waals surface area contributed by atoms with Gasteiger partial charge in [0.2, 0.25) is 0 Å². The van der Waals surface area contributed by atoms with Gasteiger partial charge in [-0.3, -0.25) is 4.57 Å². The van der Waals surface area contributed by atoms with Crippen LogP contribution in [-0.4, -0.2) is 29.5 Å². The fourth-order valence-corrected chi connectivity index (χ4v) is 4.35. The molecule has 1 aromatic heterocycles. The number of hydrogen-bond acceptors (Lipinski definition) is 3. The lowest BCUT2D eigenvalue weighted by molar-refractivity contribution is 0.470. The smallest absolute Gasteiger partial charge is 0.303 e. The summed E-state index contributed by atoms with van der Waals surface area (Å²) in [4.78, 5) is 14.4. The Bertz CT molecular complexity index is 791. The van der Waals surface area contributed by atoms with Crippen LogP contribution in [0.15, 0.2) is 23.0 Å². The van der Waals surface area contributed by atoms with Gasteiger partial charge in [-0.1, -0.05) is 6.07 Å². The first-order valence-electron chi connectivity index (χ1n) is 6.07. The zero-order chi connectivity index (χ0) is 13.6. The van der Waals surface area contributed by atoms with Crippen LogP contribution in [0.1, 0.15) is 18.9 Å². The Kier molecular flexibility index (Phi) is 2.74. The van der Waals surface area contributed by atoms with Crippen molar-refractivity contribution < 1.29 is 12.8 Å². The third-order valence-corrected chi connectivity index (χ3v) is 5.31. The number of para-hydroxylation sites is 1. The minimum Gasteiger partial charge on any atom is -0.303 e. The van der Waals surface area contributed by atoms with Gasteiger partial charge in [0.15, 0.2) is 9.84 Å². The van der Waals surface area contributed by atoms with Crippen LogP contribution in [0.2, 0.25) is 0 Å². The molecule has 2 heterocycles. The highest BCUT2D eigenvalue weighted by molar-refractivity contribution is 7.91. The van der Waals surface area contributed by atoms with Crippen molar-refractivity contribution in [2.24, 2.45) is 0 Å². The van der Waals surface area contributed by atoms with E-state index in [0.29, 0.717) is 18.4 Å². The molecule has 0 aliphatic carbocycles. The van der Waals surface area contributed by atoms with Gasteiger partial charge in [0.05, 0.1) is 23.1 Å². The highest BCUT2D eigenvalue weighted by Gasteiger charge is 2.28. The number of nitrogens with one attached hydrogen (secondary N) is 1. The molecule has 0 spiro atoms. The SMILES string of the molecule is O=c1[nH]c2c(F)cccc2n1C1CCCS(=O)(=O)C1. The summed E-state index contributed by atoms with van der Waals surface area (Å²) in [6.45, 7) is 0. The quantitative estimate of drug-likeness (QED) is 0.855. The third-order valence-electron chi connectivity index (χ3n) is 3.51. The van der Waals surface area contributed by atoms with Crippen molar-refractivity contribution in [1.82, 2.24) is 9.55 Å². The minimum absolute atomic E-state index is 0.0592. The maximum Gasteiger partial charge on any atom is 0.326 e. The van der Waals surface area contributed by atoms with Crippen molar-refractivity contribution in [2.75, 3.05) is 11.5 Å². The van der Waals surface area contributed by atoms with Crippen LogP contribution in [-0.2, 0) is 9.84 Å². The second-order valence-corrected chi connectivity index (χ2v) is 7.07. The average Bonchev–Trinajstić information content (AvgIpc) is 2.66. The molecule has 1 N–H and O–H groups in total. The van der Waals surface area contributed by atoms with Crippen molar-refractivity contribution >= 4 is 20.9 Å². The van der Waals surface area contributed by atoms with Gasteiger partial charge in [-0.2, -0.15) is 0 Å². The monoisotopic (exact) mass is 284 g/mol. The standard InChI is InChI=1S/C12H13FN2O3S/c13-9-4-1-5-10-11(9)14-12(16)15(10)8-3-2-6-19(17,18)7-8/h1,4-5,8H,2-3,6-7H2,(H,14,16). The molecule has 1 aromatic carbocycles. The van der Waals surface area contributed by atoms with E-state index in [1.165, 1.54) is 16.7 Å². The van der Waals surface area contributed by atoms with Gasteiger partial charge in [-0.15, -0.1) is 0 Å². The molecule has 19 heavy (non-hydrogen) atoms. The van der Waals surface area contributed by atoms with E-state index in [0.717, 1.165) is 0 Å². The van der Waals surface area contributed by atoms with E-state index < -0.39 is 27.4 Å².